The van der Waals surface area contributed by atoms with Crippen molar-refractivity contribution in [3.8, 4) is 0 Å². The Morgan fingerprint density at radius 2 is 1.89 bits per heavy atom. The Hall–Kier alpha value is -3.34. The smallest absolute Gasteiger partial charge is 0.251 e. The van der Waals surface area contributed by atoms with Crippen molar-refractivity contribution in [2.24, 2.45) is 0 Å². The van der Waals surface area contributed by atoms with Crippen LogP contribution in [0.25, 0.3) is 17.0 Å². The highest BCUT2D eigenvalue weighted by Crippen LogP contribution is 2.27. The molecular weight excluding hydrogens is 340 g/mol. The molecule has 3 aromatic rings. The molecule has 138 valence electrons. The number of fused-ring (bicyclic) bond motifs is 1. The number of aryl methyl sites for hydroxylation is 1. The first kappa shape index (κ1) is 18.5. The Labute approximate surface area is 158 Å². The number of amides is 2. The number of furan rings is 1. The van der Waals surface area contributed by atoms with Crippen LogP contribution in [0.2, 0.25) is 0 Å². The molecule has 0 aliphatic heterocycles. The van der Waals surface area contributed by atoms with Gasteiger partial charge in [0.1, 0.15) is 11.3 Å². The van der Waals surface area contributed by atoms with Crippen molar-refractivity contribution in [1.82, 2.24) is 5.32 Å². The van der Waals surface area contributed by atoms with Gasteiger partial charge in [-0.2, -0.15) is 0 Å². The maximum atomic E-state index is 12.4. The quantitative estimate of drug-likeness (QED) is 0.664. The van der Waals surface area contributed by atoms with Crippen LogP contribution in [0.4, 0.5) is 5.69 Å². The van der Waals surface area contributed by atoms with Gasteiger partial charge in [0.25, 0.3) is 5.91 Å². The van der Waals surface area contributed by atoms with Gasteiger partial charge in [-0.25, -0.2) is 0 Å². The summed E-state index contributed by atoms with van der Waals surface area (Å²) in [7, 11) is 1.58. The largest absolute Gasteiger partial charge is 0.460 e. The summed E-state index contributed by atoms with van der Waals surface area (Å²) >= 11 is 0. The second-order valence-corrected chi connectivity index (χ2v) is 6.17. The highest BCUT2D eigenvalue weighted by Gasteiger charge is 2.12. The highest BCUT2D eigenvalue weighted by atomic mass is 16.3. The van der Waals surface area contributed by atoms with E-state index in [4.69, 9.17) is 4.42 Å². The predicted octanol–water partition coefficient (Wildman–Crippen LogP) is 4.32. The molecule has 0 radical (unpaired) electrons. The minimum absolute atomic E-state index is 0.184. The minimum atomic E-state index is -0.264. The Balaban J connectivity index is 1.84. The lowest BCUT2D eigenvalue weighted by Gasteiger charge is -2.10. The lowest BCUT2D eigenvalue weighted by atomic mass is 10.1. The van der Waals surface area contributed by atoms with Crippen molar-refractivity contribution in [1.29, 1.82) is 0 Å². The average Bonchev–Trinajstić information content (AvgIpc) is 3.05. The second kappa shape index (κ2) is 7.91. The number of benzene rings is 2. The van der Waals surface area contributed by atoms with E-state index in [0.29, 0.717) is 11.3 Å². The number of hydrogen-bond donors (Lipinski definition) is 2. The van der Waals surface area contributed by atoms with Gasteiger partial charge in [-0.05, 0) is 36.8 Å². The summed E-state index contributed by atoms with van der Waals surface area (Å²) in [6, 6.07) is 13.0. The molecule has 1 heterocycles. The molecule has 0 fully saturated rings. The van der Waals surface area contributed by atoms with Gasteiger partial charge in [-0.3, -0.25) is 9.59 Å². The molecule has 0 bridgehead atoms. The van der Waals surface area contributed by atoms with Crippen LogP contribution in [-0.4, -0.2) is 18.9 Å². The van der Waals surface area contributed by atoms with Crippen molar-refractivity contribution in [3.63, 3.8) is 0 Å². The zero-order valence-corrected chi connectivity index (χ0v) is 15.6. The fourth-order valence-corrected chi connectivity index (χ4v) is 3.05. The summed E-state index contributed by atoms with van der Waals surface area (Å²) in [6.45, 7) is 3.82. The van der Waals surface area contributed by atoms with E-state index in [2.05, 4.69) is 10.6 Å². The molecular formula is C22H22N2O3. The molecule has 2 N–H and O–H groups in total. The number of rotatable bonds is 5. The van der Waals surface area contributed by atoms with Crippen LogP contribution in [0.15, 0.2) is 53.0 Å². The first-order chi connectivity index (χ1) is 13.0. The number of hydrogen-bond acceptors (Lipinski definition) is 3. The van der Waals surface area contributed by atoms with Gasteiger partial charge in [0.2, 0.25) is 5.91 Å². The molecule has 0 unspecified atom stereocenters. The summed E-state index contributed by atoms with van der Waals surface area (Å²) in [5.41, 5.74) is 3.59. The third-order valence-corrected chi connectivity index (χ3v) is 4.50. The molecule has 0 spiro atoms. The van der Waals surface area contributed by atoms with E-state index in [9.17, 15) is 9.59 Å². The van der Waals surface area contributed by atoms with Crippen LogP contribution in [0.1, 0.15) is 34.2 Å². The number of carbonyl (C=O) groups is 2. The monoisotopic (exact) mass is 362 g/mol. The van der Waals surface area contributed by atoms with Gasteiger partial charge in [0.05, 0.1) is 0 Å². The highest BCUT2D eigenvalue weighted by molar-refractivity contribution is 6.05. The van der Waals surface area contributed by atoms with Crippen molar-refractivity contribution < 1.29 is 14.0 Å². The van der Waals surface area contributed by atoms with Crippen LogP contribution in [0, 0.1) is 6.92 Å². The number of para-hydroxylation sites is 1. The van der Waals surface area contributed by atoms with E-state index in [-0.39, 0.29) is 11.8 Å². The molecule has 0 atom stereocenters. The van der Waals surface area contributed by atoms with E-state index in [1.165, 1.54) is 6.08 Å². The van der Waals surface area contributed by atoms with E-state index in [1.807, 2.05) is 38.1 Å². The molecule has 0 saturated heterocycles. The summed E-state index contributed by atoms with van der Waals surface area (Å²) in [6.07, 6.45) is 4.00. The number of anilines is 1. The molecule has 5 heteroatoms. The third-order valence-electron chi connectivity index (χ3n) is 4.50. The molecule has 0 saturated carbocycles. The van der Waals surface area contributed by atoms with Gasteiger partial charge in [-0.1, -0.05) is 31.2 Å². The van der Waals surface area contributed by atoms with E-state index >= 15 is 0 Å². The van der Waals surface area contributed by atoms with Crippen molar-refractivity contribution in [2.45, 2.75) is 20.3 Å². The second-order valence-electron chi connectivity index (χ2n) is 6.17. The summed E-state index contributed by atoms with van der Waals surface area (Å²) < 4.78 is 5.85. The first-order valence-corrected chi connectivity index (χ1v) is 8.86. The predicted molar refractivity (Wildman–Crippen MR) is 108 cm³/mol. The van der Waals surface area contributed by atoms with Gasteiger partial charge >= 0.3 is 0 Å². The summed E-state index contributed by atoms with van der Waals surface area (Å²) in [5, 5.41) is 6.42. The molecule has 0 aliphatic rings. The zero-order valence-electron chi connectivity index (χ0n) is 15.6. The van der Waals surface area contributed by atoms with E-state index in [0.717, 1.165) is 34.3 Å². The van der Waals surface area contributed by atoms with Gasteiger partial charge in [-0.15, -0.1) is 0 Å². The van der Waals surface area contributed by atoms with Crippen LogP contribution < -0.4 is 10.6 Å². The number of carbonyl (C=O) groups excluding carboxylic acids is 2. The Bertz CT molecular complexity index is 1030. The minimum Gasteiger partial charge on any atom is -0.460 e. The van der Waals surface area contributed by atoms with Crippen molar-refractivity contribution >= 4 is 34.5 Å². The normalized spacial score (nSPS) is 11.1. The Morgan fingerprint density at radius 3 is 2.63 bits per heavy atom. The average molecular weight is 362 g/mol. The maximum Gasteiger partial charge on any atom is 0.251 e. The Kier molecular flexibility index (Phi) is 5.41. The topological polar surface area (TPSA) is 71.3 Å². The van der Waals surface area contributed by atoms with Gasteiger partial charge < -0.3 is 15.1 Å². The summed E-state index contributed by atoms with van der Waals surface area (Å²) in [4.78, 5) is 24.3. The molecule has 3 rings (SSSR count). The third kappa shape index (κ3) is 3.77. The first-order valence-electron chi connectivity index (χ1n) is 8.86. The summed E-state index contributed by atoms with van der Waals surface area (Å²) in [5.74, 6) is 0.397. The molecule has 5 nitrogen and oxygen atoms in total. The SMILES string of the molecule is CCc1oc2ccccc2c1/C=C/C(=O)Nc1cccc(C(=O)NC)c1C. The Morgan fingerprint density at radius 1 is 1.11 bits per heavy atom. The van der Waals surface area contributed by atoms with E-state index in [1.54, 1.807) is 31.3 Å². The van der Waals surface area contributed by atoms with Crippen molar-refractivity contribution in [3.05, 3.63) is 71.0 Å². The van der Waals surface area contributed by atoms with Crippen LogP contribution in [0.5, 0.6) is 0 Å². The molecule has 1 aromatic heterocycles. The van der Waals surface area contributed by atoms with Crippen LogP contribution in [-0.2, 0) is 11.2 Å². The van der Waals surface area contributed by atoms with Gasteiger partial charge in [0, 0.05) is 41.7 Å². The molecule has 2 amide bonds. The van der Waals surface area contributed by atoms with Crippen molar-refractivity contribution in [2.75, 3.05) is 12.4 Å². The standard InChI is InChI=1S/C22H22N2O3/c1-4-19-17(16-8-5-6-11-20(16)27-19)12-13-21(25)24-18-10-7-9-15(14(18)2)22(26)23-3/h5-13H,4H2,1-3H3,(H,23,26)(H,24,25)/b13-12+. The fraction of sp³-hybridized carbons (Fsp3) is 0.182. The van der Waals surface area contributed by atoms with E-state index < -0.39 is 0 Å². The molecule has 2 aromatic carbocycles. The van der Waals surface area contributed by atoms with Gasteiger partial charge in [0.15, 0.2) is 0 Å². The lowest BCUT2D eigenvalue weighted by molar-refractivity contribution is -0.111. The lowest BCUT2D eigenvalue weighted by Crippen LogP contribution is -2.20. The number of nitrogens with one attached hydrogen (secondary N) is 2. The zero-order chi connectivity index (χ0) is 19.4. The fourth-order valence-electron chi connectivity index (χ4n) is 3.05. The van der Waals surface area contributed by atoms with Crippen LogP contribution in [0.3, 0.4) is 0 Å². The molecule has 0 aliphatic carbocycles. The maximum absolute atomic E-state index is 12.4. The molecule has 27 heavy (non-hydrogen) atoms. The van der Waals surface area contributed by atoms with Crippen LogP contribution >= 0.6 is 0 Å².